The number of ether oxygens (including phenoxy) is 1. The fraction of sp³-hybridized carbons (Fsp3) is 0.568. The number of nitrogens with two attached hydrogens (primary N) is 1. The molecular formula is C37H57N7O3. The molecule has 1 aromatic carbocycles. The number of fused-ring (bicyclic) bond motifs is 1. The number of likely N-dealkylation sites (tertiary alicyclic amines) is 1. The first kappa shape index (κ1) is 37.5. The van der Waals surface area contributed by atoms with Crippen molar-refractivity contribution in [3.63, 3.8) is 0 Å². The molecule has 258 valence electrons. The lowest BCUT2D eigenvalue weighted by atomic mass is 9.79. The maximum Gasteiger partial charge on any atom is 0.244 e. The lowest BCUT2D eigenvalue weighted by Gasteiger charge is -2.35. The highest BCUT2D eigenvalue weighted by molar-refractivity contribution is 5.99. The first-order valence-electron chi connectivity index (χ1n) is 17.0. The van der Waals surface area contributed by atoms with Crippen molar-refractivity contribution in [1.29, 1.82) is 10.8 Å². The molecule has 2 heterocycles. The van der Waals surface area contributed by atoms with Gasteiger partial charge in [0.1, 0.15) is 28.9 Å². The summed E-state index contributed by atoms with van der Waals surface area (Å²) in [4.78, 5) is 18.3. The zero-order chi connectivity index (χ0) is 34.7. The molecule has 0 bridgehead atoms. The summed E-state index contributed by atoms with van der Waals surface area (Å²) in [5.41, 5.74) is 8.04. The number of amides is 1. The Bertz CT molecular complexity index is 1460. The number of allylic oxidation sites excluding steroid dienone is 1. The highest BCUT2D eigenvalue weighted by atomic mass is 16.5. The van der Waals surface area contributed by atoms with Crippen molar-refractivity contribution in [3.8, 4) is 5.75 Å². The molecule has 0 saturated carbocycles. The van der Waals surface area contributed by atoms with E-state index in [0.717, 1.165) is 51.1 Å². The summed E-state index contributed by atoms with van der Waals surface area (Å²) < 4.78 is 8.17. The molecule has 0 radical (unpaired) electrons. The standard InChI is InChI=1S/C28H41N5O.C9H16N2O2/c1-4-5-8-22-11-13-26(25-10-7-6-9-24(22)25)34-23-12-14-27(29)33(20-23)28(30)32-17-15-21(16-18-32)19-31(2)3;1-6(12)11-8(10)5-7(13)9(2,3)4/h6-7,9-10,12,14,20-22,26,29-30H,4-5,8,11,13,15-19H2,1-3H3;5,13H,1-4H3,(H2,10,11,12)/b;7-5-/t22-,26+;/m0./s1. The van der Waals surface area contributed by atoms with Gasteiger partial charge in [0.25, 0.3) is 0 Å². The van der Waals surface area contributed by atoms with Crippen LogP contribution < -0.4 is 16.0 Å². The number of carbonyl (C=O) groups is 1. The van der Waals surface area contributed by atoms with Crippen molar-refractivity contribution in [3.05, 3.63) is 71.0 Å². The highest BCUT2D eigenvalue weighted by Crippen LogP contribution is 2.41. The number of piperidine rings is 1. The molecule has 1 fully saturated rings. The van der Waals surface area contributed by atoms with Gasteiger partial charge < -0.3 is 25.4 Å². The zero-order valence-electron chi connectivity index (χ0n) is 29.6. The minimum Gasteiger partial charge on any atom is -0.512 e. The Morgan fingerprint density at radius 1 is 1.11 bits per heavy atom. The number of unbranched alkanes of at least 4 members (excludes halogenated alkanes) is 1. The Morgan fingerprint density at radius 2 is 1.77 bits per heavy atom. The number of rotatable bonds is 8. The van der Waals surface area contributed by atoms with Gasteiger partial charge in [-0.05, 0) is 81.3 Å². The van der Waals surface area contributed by atoms with E-state index in [0.29, 0.717) is 23.3 Å². The smallest absolute Gasteiger partial charge is 0.244 e. The Balaban J connectivity index is 0.000000392. The van der Waals surface area contributed by atoms with E-state index in [1.807, 2.05) is 33.0 Å². The number of hydrogen-bond acceptors (Lipinski definition) is 6. The van der Waals surface area contributed by atoms with E-state index in [4.69, 9.17) is 21.3 Å². The first-order valence-corrected chi connectivity index (χ1v) is 17.0. The molecule has 2 aliphatic rings. The van der Waals surface area contributed by atoms with Gasteiger partial charge >= 0.3 is 0 Å². The summed E-state index contributed by atoms with van der Waals surface area (Å²) in [6.07, 6.45) is 11.2. The molecular weight excluding hydrogens is 590 g/mol. The second kappa shape index (κ2) is 17.3. The molecule has 2 atom stereocenters. The number of amidine groups is 1. The molecule has 2 aromatic rings. The lowest BCUT2D eigenvalue weighted by Crippen LogP contribution is -2.45. The number of aliphatic hydroxyl groups is 1. The number of hydrogen-bond donors (Lipinski definition) is 4. The van der Waals surface area contributed by atoms with Gasteiger partial charge in [-0.1, -0.05) is 64.8 Å². The molecule has 1 saturated heterocycles. The van der Waals surface area contributed by atoms with Crippen LogP contribution in [0.2, 0.25) is 0 Å². The summed E-state index contributed by atoms with van der Waals surface area (Å²) in [5.74, 6) is 2.17. The van der Waals surface area contributed by atoms with Gasteiger partial charge in [0, 0.05) is 38.0 Å². The van der Waals surface area contributed by atoms with Crippen molar-refractivity contribution in [2.75, 3.05) is 33.7 Å². The third kappa shape index (κ3) is 11.4. The molecule has 1 aliphatic heterocycles. The van der Waals surface area contributed by atoms with Crippen LogP contribution in [-0.4, -0.2) is 70.9 Å². The van der Waals surface area contributed by atoms with Crippen LogP contribution in [0.25, 0.3) is 0 Å². The monoisotopic (exact) mass is 647 g/mol. The van der Waals surface area contributed by atoms with Crippen molar-refractivity contribution in [1.82, 2.24) is 14.4 Å². The molecule has 1 aliphatic carbocycles. The van der Waals surface area contributed by atoms with Gasteiger partial charge in [-0.2, -0.15) is 4.99 Å². The number of aliphatic imine (C=N–C) groups is 1. The number of carbonyl (C=O) groups excluding carboxylic acids is 1. The Kier molecular flexibility index (Phi) is 13.8. The predicted molar refractivity (Wildman–Crippen MR) is 190 cm³/mol. The summed E-state index contributed by atoms with van der Waals surface area (Å²) >= 11 is 0. The number of aromatic nitrogens is 1. The predicted octanol–water partition coefficient (Wildman–Crippen LogP) is 6.59. The maximum atomic E-state index is 10.5. The number of benzene rings is 1. The van der Waals surface area contributed by atoms with E-state index in [-0.39, 0.29) is 29.0 Å². The van der Waals surface area contributed by atoms with E-state index in [2.05, 4.69) is 60.1 Å². The summed E-state index contributed by atoms with van der Waals surface area (Å²) in [7, 11) is 4.25. The topological polar surface area (TPSA) is 144 Å². The molecule has 0 unspecified atom stereocenters. The summed E-state index contributed by atoms with van der Waals surface area (Å²) in [6, 6.07) is 12.4. The molecule has 4 rings (SSSR count). The minimum absolute atomic E-state index is 0.0232. The summed E-state index contributed by atoms with van der Waals surface area (Å²) in [6.45, 7) is 11.9. The van der Waals surface area contributed by atoms with Gasteiger partial charge in [-0.3, -0.25) is 20.2 Å². The Labute approximate surface area is 281 Å². The van der Waals surface area contributed by atoms with Crippen LogP contribution in [0.1, 0.15) is 103 Å². The van der Waals surface area contributed by atoms with Gasteiger partial charge in [-0.25, -0.2) is 0 Å². The first-order chi connectivity index (χ1) is 22.2. The third-order valence-electron chi connectivity index (χ3n) is 8.77. The van der Waals surface area contributed by atoms with Crippen LogP contribution in [0.5, 0.6) is 5.75 Å². The Hall–Kier alpha value is -3.92. The molecule has 10 nitrogen and oxygen atoms in total. The van der Waals surface area contributed by atoms with Crippen LogP contribution in [0.4, 0.5) is 0 Å². The van der Waals surface area contributed by atoms with Gasteiger partial charge in [0.2, 0.25) is 11.9 Å². The average molecular weight is 648 g/mol. The van der Waals surface area contributed by atoms with Crippen molar-refractivity contribution < 1.29 is 14.6 Å². The summed E-state index contributed by atoms with van der Waals surface area (Å²) in [5, 5.41) is 26.7. The van der Waals surface area contributed by atoms with Gasteiger partial charge in [0.15, 0.2) is 0 Å². The number of nitrogens with zero attached hydrogens (tertiary/aromatic N) is 4. The zero-order valence-corrected chi connectivity index (χ0v) is 29.6. The molecule has 10 heteroatoms. The van der Waals surface area contributed by atoms with Crippen molar-refractivity contribution in [2.45, 2.75) is 91.6 Å². The molecule has 47 heavy (non-hydrogen) atoms. The SMILES string of the molecule is CC(=O)N=C(N)/C=C(\O)C(C)(C)C.CCCC[C@H]1CC[C@@H](Oc2ccc(=N)n(C(=N)N3CCC(CN(C)C)CC3)c2)c2ccccc21. The number of aliphatic hydroxyl groups excluding tert-OH is 1. The number of nitrogens with one attached hydrogen (secondary N) is 2. The van der Waals surface area contributed by atoms with Crippen LogP contribution in [0, 0.1) is 22.2 Å². The molecule has 1 aromatic heterocycles. The van der Waals surface area contributed by atoms with Gasteiger partial charge in [-0.15, -0.1) is 0 Å². The van der Waals surface area contributed by atoms with Crippen LogP contribution in [0.3, 0.4) is 0 Å². The van der Waals surface area contributed by atoms with E-state index in [9.17, 15) is 9.90 Å². The van der Waals surface area contributed by atoms with E-state index < -0.39 is 0 Å². The highest BCUT2D eigenvalue weighted by Gasteiger charge is 2.28. The molecule has 1 amide bonds. The lowest BCUT2D eigenvalue weighted by molar-refractivity contribution is -0.115. The largest absolute Gasteiger partial charge is 0.512 e. The quantitative estimate of drug-likeness (QED) is 0.145. The normalized spacial score (nSPS) is 19.1. The van der Waals surface area contributed by atoms with E-state index >= 15 is 0 Å². The van der Waals surface area contributed by atoms with Crippen LogP contribution in [-0.2, 0) is 4.79 Å². The van der Waals surface area contributed by atoms with E-state index in [1.165, 1.54) is 43.4 Å². The average Bonchev–Trinajstić information content (AvgIpc) is 3.01. The molecule has 0 spiro atoms. The number of pyridine rings is 1. The molecule has 5 N–H and O–H groups in total. The second-order valence-electron chi connectivity index (χ2n) is 14.1. The fourth-order valence-corrected chi connectivity index (χ4v) is 6.17. The van der Waals surface area contributed by atoms with Crippen LogP contribution >= 0.6 is 0 Å². The van der Waals surface area contributed by atoms with E-state index in [1.54, 1.807) is 10.6 Å². The van der Waals surface area contributed by atoms with Gasteiger partial charge in [0.05, 0.1) is 6.20 Å². The minimum atomic E-state index is -0.379. The maximum absolute atomic E-state index is 10.5. The third-order valence-corrected chi connectivity index (χ3v) is 8.77. The van der Waals surface area contributed by atoms with Crippen LogP contribution in [0.15, 0.2) is 59.4 Å². The van der Waals surface area contributed by atoms with Crippen molar-refractivity contribution in [2.24, 2.45) is 22.1 Å². The van der Waals surface area contributed by atoms with Crippen molar-refractivity contribution >= 4 is 17.7 Å². The second-order valence-corrected chi connectivity index (χ2v) is 14.1. The fourth-order valence-electron chi connectivity index (χ4n) is 6.17. The Morgan fingerprint density at radius 3 is 2.36 bits per heavy atom.